The van der Waals surface area contributed by atoms with E-state index in [1.165, 1.54) is 35.6 Å². The molecule has 2 aromatic carbocycles. The first-order valence-electron chi connectivity index (χ1n) is 9.47. The van der Waals surface area contributed by atoms with Crippen LogP contribution in [0.4, 0.5) is 5.13 Å². The average molecular weight is 466 g/mol. The number of aromatic nitrogens is 1. The fourth-order valence-electron chi connectivity index (χ4n) is 2.93. The van der Waals surface area contributed by atoms with Gasteiger partial charge in [0, 0.05) is 24.5 Å². The number of halogens is 1. The first-order chi connectivity index (χ1) is 14.2. The van der Waals surface area contributed by atoms with Crippen molar-refractivity contribution in [2.75, 3.05) is 37.8 Å². The van der Waals surface area contributed by atoms with Crippen molar-refractivity contribution in [1.29, 1.82) is 0 Å². The number of thiazole rings is 1. The number of sulfone groups is 1. The smallest absolute Gasteiger partial charge is 0.229 e. The molecule has 160 valence electrons. The van der Waals surface area contributed by atoms with Crippen molar-refractivity contribution in [3.63, 3.8) is 0 Å². The minimum absolute atomic E-state index is 0.118. The number of hydrogen-bond donors (Lipinski definition) is 0. The van der Waals surface area contributed by atoms with E-state index in [0.717, 1.165) is 15.8 Å². The van der Waals surface area contributed by atoms with Crippen molar-refractivity contribution in [2.45, 2.75) is 18.2 Å². The molecular weight excluding hydrogens is 442 g/mol. The summed E-state index contributed by atoms with van der Waals surface area (Å²) in [6, 6.07) is 11.9. The van der Waals surface area contributed by atoms with Crippen molar-refractivity contribution in [3.8, 4) is 0 Å². The number of para-hydroxylation sites is 1. The van der Waals surface area contributed by atoms with Gasteiger partial charge in [0.05, 0.1) is 20.9 Å². The van der Waals surface area contributed by atoms with Crippen LogP contribution in [0, 0.1) is 6.92 Å². The number of aryl methyl sites for hydroxylation is 1. The fraction of sp³-hybridized carbons (Fsp3) is 0.333. The molecule has 0 aliphatic rings. The van der Waals surface area contributed by atoms with Crippen LogP contribution >= 0.6 is 22.9 Å². The zero-order valence-electron chi connectivity index (χ0n) is 17.1. The van der Waals surface area contributed by atoms with Crippen LogP contribution in [0.25, 0.3) is 10.2 Å². The molecule has 0 spiro atoms. The standard InChI is InChI=1S/C21H24ClN3O3S2/c1-15-5-4-6-18-20(15)23-21(29-18)25(13-12-24(2)3)19(26)11-14-30(27,28)17-9-7-16(22)8-10-17/h4-10H,11-14H2,1-3H3. The molecule has 6 nitrogen and oxygen atoms in total. The maximum absolute atomic E-state index is 13.0. The summed E-state index contributed by atoms with van der Waals surface area (Å²) in [6.45, 7) is 3.06. The van der Waals surface area contributed by atoms with Crippen molar-refractivity contribution in [3.05, 3.63) is 53.1 Å². The summed E-state index contributed by atoms with van der Waals surface area (Å²) < 4.78 is 26.2. The Hall–Kier alpha value is -2.00. The lowest BCUT2D eigenvalue weighted by Crippen LogP contribution is -2.37. The highest BCUT2D eigenvalue weighted by molar-refractivity contribution is 7.91. The number of anilines is 1. The van der Waals surface area contributed by atoms with Crippen LogP contribution in [0.15, 0.2) is 47.4 Å². The van der Waals surface area contributed by atoms with Crippen LogP contribution in [0.1, 0.15) is 12.0 Å². The molecule has 0 radical (unpaired) electrons. The molecule has 1 heterocycles. The van der Waals surface area contributed by atoms with Gasteiger partial charge in [0.25, 0.3) is 0 Å². The zero-order valence-corrected chi connectivity index (χ0v) is 19.5. The fourth-order valence-corrected chi connectivity index (χ4v) is 5.38. The van der Waals surface area contributed by atoms with Gasteiger partial charge in [0.2, 0.25) is 5.91 Å². The lowest BCUT2D eigenvalue weighted by molar-refractivity contribution is -0.118. The molecule has 0 atom stereocenters. The molecule has 0 unspecified atom stereocenters. The van der Waals surface area contributed by atoms with Crippen LogP contribution in [0.3, 0.4) is 0 Å². The normalized spacial score (nSPS) is 11.9. The number of likely N-dealkylation sites (N-methyl/N-ethyl adjacent to an activating group) is 1. The first-order valence-corrected chi connectivity index (χ1v) is 12.3. The highest BCUT2D eigenvalue weighted by Gasteiger charge is 2.23. The SMILES string of the molecule is Cc1cccc2sc(N(CCN(C)C)C(=O)CCS(=O)(=O)c3ccc(Cl)cc3)nc12. The number of carbonyl (C=O) groups excluding carboxylic acids is 1. The molecule has 9 heteroatoms. The van der Waals surface area contributed by atoms with Crippen LogP contribution in [-0.4, -0.2) is 57.1 Å². The van der Waals surface area contributed by atoms with Gasteiger partial charge in [0.1, 0.15) is 0 Å². The summed E-state index contributed by atoms with van der Waals surface area (Å²) in [6.07, 6.45) is -0.118. The van der Waals surface area contributed by atoms with E-state index in [1.54, 1.807) is 4.90 Å². The number of rotatable bonds is 8. The van der Waals surface area contributed by atoms with Gasteiger partial charge in [-0.15, -0.1) is 0 Å². The molecule has 3 rings (SSSR count). The summed E-state index contributed by atoms with van der Waals surface area (Å²) in [4.78, 5) is 21.4. The second-order valence-electron chi connectivity index (χ2n) is 7.29. The van der Waals surface area contributed by atoms with Gasteiger partial charge in [-0.2, -0.15) is 0 Å². The van der Waals surface area contributed by atoms with Gasteiger partial charge in [-0.25, -0.2) is 13.4 Å². The molecule has 0 saturated heterocycles. The maximum Gasteiger partial charge on any atom is 0.229 e. The molecule has 0 aliphatic heterocycles. The average Bonchev–Trinajstić information content (AvgIpc) is 3.12. The second-order valence-corrected chi connectivity index (χ2v) is 10.8. The van der Waals surface area contributed by atoms with E-state index >= 15 is 0 Å². The molecular formula is C21H24ClN3O3S2. The van der Waals surface area contributed by atoms with E-state index in [2.05, 4.69) is 4.98 Å². The Kier molecular flexibility index (Phi) is 7.13. The lowest BCUT2D eigenvalue weighted by atomic mass is 10.2. The topological polar surface area (TPSA) is 70.6 Å². The summed E-state index contributed by atoms with van der Waals surface area (Å²) in [5.74, 6) is -0.526. The molecule has 0 N–H and O–H groups in total. The third-order valence-corrected chi connectivity index (χ3v) is 7.70. The second kappa shape index (κ2) is 9.43. The Morgan fingerprint density at radius 2 is 1.80 bits per heavy atom. The summed E-state index contributed by atoms with van der Waals surface area (Å²) in [5, 5.41) is 1.06. The van der Waals surface area contributed by atoms with Gasteiger partial charge in [-0.05, 0) is 56.9 Å². The molecule has 0 bridgehead atoms. The van der Waals surface area contributed by atoms with Crippen molar-refractivity contribution < 1.29 is 13.2 Å². The number of hydrogen-bond acceptors (Lipinski definition) is 6. The predicted octanol–water partition coefficient (Wildman–Crippen LogP) is 4.02. The van der Waals surface area contributed by atoms with E-state index in [9.17, 15) is 13.2 Å². The van der Waals surface area contributed by atoms with E-state index in [-0.39, 0.29) is 23.0 Å². The number of fused-ring (bicyclic) bond motifs is 1. The van der Waals surface area contributed by atoms with Gasteiger partial charge in [-0.1, -0.05) is 35.1 Å². The molecule has 0 saturated carbocycles. The summed E-state index contributed by atoms with van der Waals surface area (Å²) in [7, 11) is 0.269. The zero-order chi connectivity index (χ0) is 21.9. The Morgan fingerprint density at radius 1 is 1.10 bits per heavy atom. The molecule has 1 aromatic heterocycles. The largest absolute Gasteiger partial charge is 0.308 e. The van der Waals surface area contributed by atoms with Crippen LogP contribution < -0.4 is 4.90 Å². The van der Waals surface area contributed by atoms with Crippen LogP contribution in [-0.2, 0) is 14.6 Å². The van der Waals surface area contributed by atoms with E-state index in [4.69, 9.17) is 11.6 Å². The van der Waals surface area contributed by atoms with Crippen LogP contribution in [0.2, 0.25) is 5.02 Å². The summed E-state index contributed by atoms with van der Waals surface area (Å²) >= 11 is 7.28. The van der Waals surface area contributed by atoms with Gasteiger partial charge < -0.3 is 4.90 Å². The molecule has 0 fully saturated rings. The first kappa shape index (κ1) is 22.7. The van der Waals surface area contributed by atoms with Crippen molar-refractivity contribution in [1.82, 2.24) is 9.88 Å². The highest BCUT2D eigenvalue weighted by atomic mass is 35.5. The predicted molar refractivity (Wildman–Crippen MR) is 123 cm³/mol. The number of nitrogens with zero attached hydrogens (tertiary/aromatic N) is 3. The minimum Gasteiger partial charge on any atom is -0.308 e. The molecule has 3 aromatic rings. The minimum atomic E-state index is -3.58. The number of amides is 1. The molecule has 30 heavy (non-hydrogen) atoms. The van der Waals surface area contributed by atoms with Gasteiger partial charge >= 0.3 is 0 Å². The number of benzene rings is 2. The monoisotopic (exact) mass is 465 g/mol. The maximum atomic E-state index is 13.0. The number of carbonyl (C=O) groups is 1. The Labute approximate surface area is 186 Å². The summed E-state index contributed by atoms with van der Waals surface area (Å²) in [5.41, 5.74) is 1.91. The van der Waals surface area contributed by atoms with Gasteiger partial charge in [-0.3, -0.25) is 9.69 Å². The van der Waals surface area contributed by atoms with E-state index in [1.807, 2.05) is 44.1 Å². The quantitative estimate of drug-likeness (QED) is 0.502. The van der Waals surface area contributed by atoms with Crippen LogP contribution in [0.5, 0.6) is 0 Å². The van der Waals surface area contributed by atoms with Crippen molar-refractivity contribution in [2.24, 2.45) is 0 Å². The Balaban J connectivity index is 1.81. The van der Waals surface area contributed by atoms with Crippen molar-refractivity contribution >= 4 is 54.0 Å². The molecule has 0 aliphatic carbocycles. The van der Waals surface area contributed by atoms with E-state index in [0.29, 0.717) is 23.2 Å². The molecule has 1 amide bonds. The Bertz CT molecular complexity index is 1140. The third-order valence-electron chi connectivity index (χ3n) is 4.67. The van der Waals surface area contributed by atoms with Gasteiger partial charge in [0.15, 0.2) is 15.0 Å². The Morgan fingerprint density at radius 3 is 2.43 bits per heavy atom. The third kappa shape index (κ3) is 5.37. The highest BCUT2D eigenvalue weighted by Crippen LogP contribution is 2.31. The lowest BCUT2D eigenvalue weighted by Gasteiger charge is -2.22. The van der Waals surface area contributed by atoms with E-state index < -0.39 is 9.84 Å².